The lowest BCUT2D eigenvalue weighted by atomic mass is 9.42. The van der Waals surface area contributed by atoms with Crippen LogP contribution in [0.15, 0.2) is 0 Å². The first-order chi connectivity index (χ1) is 12.8. The highest BCUT2D eigenvalue weighted by molar-refractivity contribution is 5.07. The second-order valence-corrected chi connectivity index (χ2v) is 11.2. The predicted molar refractivity (Wildman–Crippen MR) is 108 cm³/mol. The molecule has 4 saturated carbocycles. The third-order valence-corrected chi connectivity index (χ3v) is 9.79. The smallest absolute Gasteiger partial charge is 0.0882 e. The van der Waals surface area contributed by atoms with Crippen molar-refractivity contribution < 1.29 is 14.9 Å². The van der Waals surface area contributed by atoms with Gasteiger partial charge in [-0.25, -0.2) is 0 Å². The van der Waals surface area contributed by atoms with Gasteiger partial charge >= 0.3 is 0 Å². The van der Waals surface area contributed by atoms with E-state index in [4.69, 9.17) is 4.74 Å². The molecule has 0 aromatic heterocycles. The Morgan fingerprint density at radius 1 is 1.00 bits per heavy atom. The number of ether oxygens (including phenoxy) is 1. The number of rotatable bonds is 3. The first-order valence-electron chi connectivity index (χ1n) is 11.7. The van der Waals surface area contributed by atoms with Gasteiger partial charge in [-0.3, -0.25) is 0 Å². The molecule has 4 aliphatic carbocycles. The zero-order valence-corrected chi connectivity index (χ0v) is 18.0. The number of hydrogen-bond acceptors (Lipinski definition) is 3. The monoisotopic (exact) mass is 378 g/mol. The maximum absolute atomic E-state index is 10.9. The lowest BCUT2D eigenvalue weighted by Gasteiger charge is -2.63. The van der Waals surface area contributed by atoms with Crippen LogP contribution in [-0.4, -0.2) is 35.6 Å². The average Bonchev–Trinajstić information content (AvgIpc) is 2.60. The summed E-state index contributed by atoms with van der Waals surface area (Å²) in [6, 6.07) is 0. The number of aliphatic hydroxyl groups excluding tert-OH is 1. The van der Waals surface area contributed by atoms with Crippen molar-refractivity contribution in [2.45, 2.75) is 90.3 Å². The standard InChI is InChI=1S/C24H42O3/c1-15-5-8-21(16(2)25)23(3)11-9-19-18-10-12-24(26,14-27-4)13-17(18)6-7-20(19)22(15)23/h15-22,25-26H,5-14H2,1-4H3/t15-,16?,17-,18+,19-,20-,21?,22+,23-,24-/m1/s1. The third-order valence-electron chi connectivity index (χ3n) is 9.79. The van der Waals surface area contributed by atoms with E-state index in [1.54, 1.807) is 7.11 Å². The molecule has 0 amide bonds. The summed E-state index contributed by atoms with van der Waals surface area (Å²) >= 11 is 0. The van der Waals surface area contributed by atoms with Crippen LogP contribution in [0.3, 0.4) is 0 Å². The van der Waals surface area contributed by atoms with E-state index in [9.17, 15) is 10.2 Å². The molecule has 0 aliphatic heterocycles. The quantitative estimate of drug-likeness (QED) is 0.751. The summed E-state index contributed by atoms with van der Waals surface area (Å²) < 4.78 is 5.33. The first kappa shape index (κ1) is 20.2. The van der Waals surface area contributed by atoms with Crippen molar-refractivity contribution in [3.63, 3.8) is 0 Å². The fraction of sp³-hybridized carbons (Fsp3) is 1.00. The van der Waals surface area contributed by atoms with Gasteiger partial charge in [0.1, 0.15) is 0 Å². The van der Waals surface area contributed by atoms with Gasteiger partial charge in [-0.05, 0) is 105 Å². The van der Waals surface area contributed by atoms with E-state index in [0.717, 1.165) is 42.4 Å². The van der Waals surface area contributed by atoms with Crippen molar-refractivity contribution >= 4 is 0 Å². The maximum atomic E-state index is 10.9. The van der Waals surface area contributed by atoms with Gasteiger partial charge in [0.2, 0.25) is 0 Å². The molecule has 10 atom stereocenters. The van der Waals surface area contributed by atoms with Gasteiger partial charge in [-0.1, -0.05) is 20.3 Å². The third kappa shape index (κ3) is 3.30. The van der Waals surface area contributed by atoms with E-state index in [2.05, 4.69) is 13.8 Å². The molecule has 156 valence electrons. The van der Waals surface area contributed by atoms with Crippen LogP contribution in [-0.2, 0) is 4.74 Å². The van der Waals surface area contributed by atoms with Crippen LogP contribution in [0.2, 0.25) is 0 Å². The fourth-order valence-electron chi connectivity index (χ4n) is 8.89. The van der Waals surface area contributed by atoms with Crippen molar-refractivity contribution in [1.82, 2.24) is 0 Å². The summed E-state index contributed by atoms with van der Waals surface area (Å²) in [5, 5.41) is 21.4. The minimum atomic E-state index is -0.582. The molecule has 0 saturated heterocycles. The first-order valence-corrected chi connectivity index (χ1v) is 11.7. The minimum Gasteiger partial charge on any atom is -0.393 e. The molecule has 0 radical (unpaired) electrons. The van der Waals surface area contributed by atoms with E-state index in [-0.39, 0.29) is 6.10 Å². The van der Waals surface area contributed by atoms with E-state index in [1.165, 1.54) is 44.9 Å². The topological polar surface area (TPSA) is 49.7 Å². The van der Waals surface area contributed by atoms with Crippen molar-refractivity contribution in [2.24, 2.45) is 46.8 Å². The number of aliphatic hydroxyl groups is 2. The molecule has 0 heterocycles. The highest BCUT2D eigenvalue weighted by Crippen LogP contribution is 2.64. The molecule has 0 spiro atoms. The fourth-order valence-corrected chi connectivity index (χ4v) is 8.89. The number of methoxy groups -OCH3 is 1. The Hall–Kier alpha value is -0.120. The van der Waals surface area contributed by atoms with Crippen LogP contribution in [0.5, 0.6) is 0 Å². The molecule has 0 bridgehead atoms. The lowest BCUT2D eigenvalue weighted by molar-refractivity contribution is -0.164. The molecule has 4 rings (SSSR count). The Morgan fingerprint density at radius 3 is 2.44 bits per heavy atom. The molecule has 3 heteroatoms. The Balaban J connectivity index is 1.55. The normalized spacial score (nSPS) is 53.8. The molecule has 27 heavy (non-hydrogen) atoms. The predicted octanol–water partition coefficient (Wildman–Crippen LogP) is 4.65. The van der Waals surface area contributed by atoms with Gasteiger partial charge in [0.25, 0.3) is 0 Å². The van der Waals surface area contributed by atoms with Crippen molar-refractivity contribution in [3.05, 3.63) is 0 Å². The van der Waals surface area contributed by atoms with Gasteiger partial charge in [0.15, 0.2) is 0 Å². The summed E-state index contributed by atoms with van der Waals surface area (Å²) in [7, 11) is 1.71. The highest BCUT2D eigenvalue weighted by Gasteiger charge is 2.58. The second kappa shape index (κ2) is 7.29. The molecule has 4 fully saturated rings. The SMILES string of the molecule is COC[C@@]1(O)CC[C@H]2[C@H](CC[C@@H]3[C@@H]2CC[C@]2(C)C(C(C)O)CC[C@@H](C)[C@@H]32)C1. The zero-order chi connectivity index (χ0) is 19.4. The van der Waals surface area contributed by atoms with Crippen LogP contribution in [0.1, 0.15) is 78.6 Å². The molecular weight excluding hydrogens is 336 g/mol. The highest BCUT2D eigenvalue weighted by atomic mass is 16.5. The van der Waals surface area contributed by atoms with Gasteiger partial charge in [-0.2, -0.15) is 0 Å². The van der Waals surface area contributed by atoms with E-state index < -0.39 is 5.60 Å². The summed E-state index contributed by atoms with van der Waals surface area (Å²) in [6.45, 7) is 7.54. The van der Waals surface area contributed by atoms with Gasteiger partial charge in [-0.15, -0.1) is 0 Å². The van der Waals surface area contributed by atoms with Gasteiger partial charge < -0.3 is 14.9 Å². The van der Waals surface area contributed by atoms with Crippen LogP contribution in [0, 0.1) is 46.8 Å². The van der Waals surface area contributed by atoms with Crippen LogP contribution >= 0.6 is 0 Å². The molecular formula is C24H42O3. The van der Waals surface area contributed by atoms with Crippen molar-refractivity contribution in [2.75, 3.05) is 13.7 Å². The van der Waals surface area contributed by atoms with Crippen molar-refractivity contribution in [3.8, 4) is 0 Å². The van der Waals surface area contributed by atoms with Crippen LogP contribution < -0.4 is 0 Å². The molecule has 0 aromatic rings. The second-order valence-electron chi connectivity index (χ2n) is 11.2. The van der Waals surface area contributed by atoms with E-state index in [1.807, 2.05) is 6.92 Å². The number of hydrogen-bond donors (Lipinski definition) is 2. The van der Waals surface area contributed by atoms with Crippen molar-refractivity contribution in [1.29, 1.82) is 0 Å². The molecule has 0 aromatic carbocycles. The molecule has 2 unspecified atom stereocenters. The average molecular weight is 379 g/mol. The molecule has 4 aliphatic rings. The Labute approximate surface area is 166 Å². The zero-order valence-electron chi connectivity index (χ0n) is 18.0. The van der Waals surface area contributed by atoms with Gasteiger partial charge in [0.05, 0.1) is 18.3 Å². The Morgan fingerprint density at radius 2 is 1.74 bits per heavy atom. The van der Waals surface area contributed by atoms with Crippen LogP contribution in [0.25, 0.3) is 0 Å². The summed E-state index contributed by atoms with van der Waals surface area (Å²) in [4.78, 5) is 0. The summed E-state index contributed by atoms with van der Waals surface area (Å²) in [5.41, 5.74) is -0.257. The Bertz CT molecular complexity index is 534. The van der Waals surface area contributed by atoms with Crippen LogP contribution in [0.4, 0.5) is 0 Å². The largest absolute Gasteiger partial charge is 0.393 e. The minimum absolute atomic E-state index is 0.170. The van der Waals surface area contributed by atoms with Gasteiger partial charge in [0, 0.05) is 7.11 Å². The van der Waals surface area contributed by atoms with E-state index >= 15 is 0 Å². The summed E-state index contributed by atoms with van der Waals surface area (Å²) in [6.07, 6.45) is 10.6. The Kier molecular flexibility index (Phi) is 5.44. The molecule has 3 nitrogen and oxygen atoms in total. The molecule has 2 N–H and O–H groups in total. The number of fused-ring (bicyclic) bond motifs is 5. The maximum Gasteiger partial charge on any atom is 0.0882 e. The lowest BCUT2D eigenvalue weighted by Crippen LogP contribution is -2.57. The van der Waals surface area contributed by atoms with E-state index in [0.29, 0.717) is 23.9 Å². The summed E-state index contributed by atoms with van der Waals surface area (Å²) in [5.74, 6) is 5.25.